The molecule has 8 rings (SSSR count). The molecule has 0 unspecified atom stereocenters. The number of benzene rings is 2. The number of nitrogens with one attached hydrogen (secondary N) is 3. The molecule has 0 radical (unpaired) electrons. The predicted octanol–water partition coefficient (Wildman–Crippen LogP) is 2.20. The first-order valence-corrected chi connectivity index (χ1v) is 22.2. The fourth-order valence-electron chi connectivity index (χ4n) is 7.97. The minimum atomic E-state index is -4.25. The third-order valence-corrected chi connectivity index (χ3v) is 14.8. The van der Waals surface area contributed by atoms with Crippen molar-refractivity contribution in [2.45, 2.75) is 105 Å². The van der Waals surface area contributed by atoms with Crippen molar-refractivity contribution in [3.05, 3.63) is 59.7 Å². The van der Waals surface area contributed by atoms with Crippen LogP contribution in [-0.2, 0) is 52.3 Å². The predicted molar refractivity (Wildman–Crippen MR) is 201 cm³/mol. The average molecular weight is 828 g/mol. The number of hydrogen-bond donors (Lipinski definition) is 3. The van der Waals surface area contributed by atoms with E-state index in [0.29, 0.717) is 55.8 Å². The minimum absolute atomic E-state index is 0.0940. The van der Waals surface area contributed by atoms with Gasteiger partial charge >= 0.3 is 6.09 Å². The molecule has 4 aliphatic heterocycles. The lowest BCUT2D eigenvalue weighted by molar-refractivity contribution is -0.141. The molecule has 2 aliphatic carbocycles. The maximum atomic E-state index is 14.6. The van der Waals surface area contributed by atoms with E-state index in [4.69, 9.17) is 18.9 Å². The molecule has 0 spiro atoms. The maximum Gasteiger partial charge on any atom is 0.410 e. The first-order chi connectivity index (χ1) is 27.3. The Kier molecular flexibility index (Phi) is 10.3. The van der Waals surface area contributed by atoms with Crippen LogP contribution in [0.4, 0.5) is 4.79 Å². The van der Waals surface area contributed by atoms with Crippen LogP contribution in [0.25, 0.3) is 0 Å². The summed E-state index contributed by atoms with van der Waals surface area (Å²) in [6, 6.07) is 6.73. The zero-order valence-electron chi connectivity index (χ0n) is 31.3. The minimum Gasteiger partial charge on any atom is -0.497 e. The Labute approximate surface area is 330 Å². The summed E-state index contributed by atoms with van der Waals surface area (Å²) in [5.74, 6) is -1.22. The molecule has 3 fully saturated rings. The van der Waals surface area contributed by atoms with E-state index in [0.717, 1.165) is 11.1 Å². The molecule has 3 N–H and O–H groups in total. The molecule has 306 valence electrons. The van der Waals surface area contributed by atoms with Gasteiger partial charge in [0.15, 0.2) is 11.5 Å². The van der Waals surface area contributed by atoms with Gasteiger partial charge in [0.2, 0.25) is 38.7 Å². The second-order valence-electron chi connectivity index (χ2n) is 15.4. The average Bonchev–Trinajstić information content (AvgIpc) is 4.00. The van der Waals surface area contributed by atoms with E-state index in [2.05, 4.69) is 14.8 Å². The summed E-state index contributed by atoms with van der Waals surface area (Å²) in [5.41, 5.74) is 0.123. The Balaban J connectivity index is 1.06. The van der Waals surface area contributed by atoms with Crippen LogP contribution in [0.1, 0.15) is 68.9 Å². The van der Waals surface area contributed by atoms with Crippen LogP contribution in [0.2, 0.25) is 0 Å². The number of carbonyl (C=O) groups is 4. The first-order valence-electron chi connectivity index (χ1n) is 19.1. The van der Waals surface area contributed by atoms with Crippen LogP contribution in [-0.4, -0.2) is 99.9 Å². The number of rotatable bonds is 8. The highest BCUT2D eigenvalue weighted by Gasteiger charge is 2.62. The maximum absolute atomic E-state index is 14.6. The van der Waals surface area contributed by atoms with E-state index in [1.165, 1.54) is 41.2 Å². The van der Waals surface area contributed by atoms with E-state index in [-0.39, 0.29) is 50.6 Å². The van der Waals surface area contributed by atoms with Crippen LogP contribution in [0.15, 0.2) is 53.4 Å². The highest BCUT2D eigenvalue weighted by atomic mass is 32.2. The molecule has 0 bridgehead atoms. The van der Waals surface area contributed by atoms with E-state index < -0.39 is 78.8 Å². The van der Waals surface area contributed by atoms with Crippen molar-refractivity contribution in [3.63, 3.8) is 0 Å². The summed E-state index contributed by atoms with van der Waals surface area (Å²) >= 11 is 0. The summed E-state index contributed by atoms with van der Waals surface area (Å²) in [6.45, 7) is 0.339. The number of fused-ring (bicyclic) bond motifs is 4. The van der Waals surface area contributed by atoms with E-state index >= 15 is 0 Å². The SMILES string of the molecule is COc1ccc(S(=O)(=O)N[C@H]2CCCCCC=C[C@@H]3C[C@@]3(C(=O)NS(=O)(=O)C3CC3)NC(=O)[C@@H]3C[C@@H](OC(=O)N4Cc5cc6c(cc5C4)OCO6)CN3C2=O)cc1. The molecule has 4 amide bonds. The summed E-state index contributed by atoms with van der Waals surface area (Å²) in [4.78, 5) is 58.8. The van der Waals surface area contributed by atoms with Crippen molar-refractivity contribution in [1.29, 1.82) is 0 Å². The van der Waals surface area contributed by atoms with Crippen molar-refractivity contribution in [2.24, 2.45) is 5.92 Å². The molecule has 2 saturated carbocycles. The van der Waals surface area contributed by atoms with E-state index in [1.54, 1.807) is 6.08 Å². The summed E-state index contributed by atoms with van der Waals surface area (Å²) in [7, 11) is -6.74. The number of sulfonamides is 2. The van der Waals surface area contributed by atoms with Gasteiger partial charge < -0.3 is 29.2 Å². The molecule has 2 aromatic rings. The molecule has 4 heterocycles. The number of allylic oxidation sites excluding steroid dienone is 1. The molecule has 19 heteroatoms. The van der Waals surface area contributed by atoms with Gasteiger partial charge in [-0.2, -0.15) is 4.72 Å². The Morgan fingerprint density at radius 2 is 1.65 bits per heavy atom. The van der Waals surface area contributed by atoms with E-state index in [9.17, 15) is 36.0 Å². The largest absolute Gasteiger partial charge is 0.497 e. The topological polar surface area (TPSA) is 216 Å². The number of carbonyl (C=O) groups excluding carboxylic acids is 4. The molecular weight excluding hydrogens is 783 g/mol. The lowest BCUT2D eigenvalue weighted by Gasteiger charge is -2.29. The number of ether oxygens (including phenoxy) is 4. The second-order valence-corrected chi connectivity index (χ2v) is 19.1. The van der Waals surface area contributed by atoms with Crippen molar-refractivity contribution >= 4 is 43.9 Å². The smallest absolute Gasteiger partial charge is 0.410 e. The zero-order chi connectivity index (χ0) is 40.1. The van der Waals surface area contributed by atoms with Crippen molar-refractivity contribution < 1.29 is 55.0 Å². The van der Waals surface area contributed by atoms with Gasteiger partial charge in [0.1, 0.15) is 29.5 Å². The first kappa shape index (κ1) is 39.0. The van der Waals surface area contributed by atoms with Gasteiger partial charge in [-0.3, -0.25) is 24.0 Å². The van der Waals surface area contributed by atoms with Crippen LogP contribution in [0.5, 0.6) is 17.2 Å². The Hall–Kier alpha value is -4.88. The summed E-state index contributed by atoms with van der Waals surface area (Å²) < 4.78 is 79.8. The molecule has 2 aromatic carbocycles. The number of amides is 4. The van der Waals surface area contributed by atoms with Crippen LogP contribution in [0, 0.1) is 5.92 Å². The fourth-order valence-corrected chi connectivity index (χ4v) is 10.6. The van der Waals surface area contributed by atoms with Crippen LogP contribution in [0.3, 0.4) is 0 Å². The monoisotopic (exact) mass is 827 g/mol. The van der Waals surface area contributed by atoms with Crippen molar-refractivity contribution in [2.75, 3.05) is 20.4 Å². The summed E-state index contributed by atoms with van der Waals surface area (Å²) in [6.07, 6.45) is 5.43. The lowest BCUT2D eigenvalue weighted by atomic mass is 10.1. The zero-order valence-corrected chi connectivity index (χ0v) is 32.9. The lowest BCUT2D eigenvalue weighted by Crippen LogP contribution is -2.58. The van der Waals surface area contributed by atoms with Gasteiger partial charge in [0, 0.05) is 25.4 Å². The van der Waals surface area contributed by atoms with Gasteiger partial charge in [-0.1, -0.05) is 25.0 Å². The molecule has 17 nitrogen and oxygen atoms in total. The highest BCUT2D eigenvalue weighted by Crippen LogP contribution is 2.46. The summed E-state index contributed by atoms with van der Waals surface area (Å²) in [5, 5.41) is 2.11. The quantitative estimate of drug-likeness (QED) is 0.327. The van der Waals surface area contributed by atoms with Crippen LogP contribution >= 0.6 is 0 Å². The van der Waals surface area contributed by atoms with E-state index in [1.807, 2.05) is 18.2 Å². The van der Waals surface area contributed by atoms with Crippen LogP contribution < -0.4 is 29.0 Å². The fraction of sp³-hybridized carbons (Fsp3) is 0.526. The van der Waals surface area contributed by atoms with Crippen molar-refractivity contribution in [3.8, 4) is 17.2 Å². The van der Waals surface area contributed by atoms with Gasteiger partial charge in [-0.05, 0) is 86.1 Å². The number of nitrogens with zero attached hydrogens (tertiary/aromatic N) is 2. The molecule has 5 atom stereocenters. The molecular formula is C38H45N5O12S2. The molecule has 57 heavy (non-hydrogen) atoms. The normalized spacial score (nSPS) is 27.3. The Bertz CT molecular complexity index is 2180. The Morgan fingerprint density at radius 1 is 0.947 bits per heavy atom. The van der Waals surface area contributed by atoms with Gasteiger partial charge in [-0.15, -0.1) is 0 Å². The van der Waals surface area contributed by atoms with Gasteiger partial charge in [-0.25, -0.2) is 21.6 Å². The third kappa shape index (κ3) is 8.01. The second kappa shape index (κ2) is 15.1. The third-order valence-electron chi connectivity index (χ3n) is 11.5. The standard InChI is InChI=1S/C38H45N5O12S2/c1-52-26-9-11-28(12-10-26)56(48,49)40-30-8-6-4-2-3-5-7-25-18-38(25,36(46)41-57(50,51)29-13-14-29)39-34(44)31-17-27(21-43(31)35(30)45)55-37(47)42-19-23-15-32-33(54-22-53-32)16-24(23)20-42/h5,7,9-12,15-16,25,27,29-31,40H,2-4,6,8,13-14,17-22H2,1H3,(H,39,44)(H,41,46)/t25-,27-,30+,31+,38-/m1/s1. The number of hydrogen-bond acceptors (Lipinski definition) is 12. The highest BCUT2D eigenvalue weighted by molar-refractivity contribution is 7.91. The molecule has 0 aromatic heterocycles. The number of methoxy groups -OCH3 is 1. The van der Waals surface area contributed by atoms with Crippen molar-refractivity contribution in [1.82, 2.24) is 24.6 Å². The van der Waals surface area contributed by atoms with Gasteiger partial charge in [0.25, 0.3) is 5.91 Å². The Morgan fingerprint density at radius 3 is 2.32 bits per heavy atom. The molecule has 6 aliphatic rings. The molecule has 1 saturated heterocycles. The van der Waals surface area contributed by atoms with Gasteiger partial charge in [0.05, 0.1) is 23.8 Å².